The first kappa shape index (κ1) is 11.7. The fraction of sp³-hybridized carbons (Fsp3) is 0.600. The van der Waals surface area contributed by atoms with Crippen molar-refractivity contribution in [2.75, 3.05) is 13.1 Å². The molecule has 0 saturated carbocycles. The molecule has 0 saturated heterocycles. The highest BCUT2D eigenvalue weighted by atomic mass is 16.4. The average molecular weight is 211 g/mol. The summed E-state index contributed by atoms with van der Waals surface area (Å²) in [4.78, 5) is 12.4. The molecular weight excluding hydrogens is 194 g/mol. The molecule has 1 rings (SSSR count). The van der Waals surface area contributed by atoms with E-state index in [-0.39, 0.29) is 6.54 Å². The molecule has 0 atom stereocenters. The quantitative estimate of drug-likeness (QED) is 0.756. The van der Waals surface area contributed by atoms with Crippen LogP contribution in [0.5, 0.6) is 0 Å². The maximum absolute atomic E-state index is 10.6. The molecule has 1 N–H and O–H groups in total. The summed E-state index contributed by atoms with van der Waals surface area (Å²) in [5.41, 5.74) is 1.06. The molecule has 0 radical (unpaired) electrons. The third-order valence-electron chi connectivity index (χ3n) is 2.22. The minimum absolute atomic E-state index is 0.0772. The summed E-state index contributed by atoms with van der Waals surface area (Å²) in [7, 11) is 0. The van der Waals surface area contributed by atoms with Gasteiger partial charge < -0.3 is 5.11 Å². The van der Waals surface area contributed by atoms with Gasteiger partial charge in [0.2, 0.25) is 0 Å². The summed E-state index contributed by atoms with van der Waals surface area (Å²) in [6, 6.07) is 0. The lowest BCUT2D eigenvalue weighted by Gasteiger charge is -2.16. The largest absolute Gasteiger partial charge is 0.480 e. The molecule has 0 unspecified atom stereocenters. The molecule has 0 aromatic carbocycles. The normalized spacial score (nSPS) is 10.9. The van der Waals surface area contributed by atoms with Crippen LogP contribution in [0.1, 0.15) is 19.4 Å². The van der Waals surface area contributed by atoms with Gasteiger partial charge in [0.25, 0.3) is 0 Å². The Hall–Kier alpha value is -1.36. The molecule has 0 spiro atoms. The van der Waals surface area contributed by atoms with E-state index in [1.54, 1.807) is 6.20 Å². The van der Waals surface area contributed by atoms with Gasteiger partial charge in [-0.05, 0) is 13.5 Å². The van der Waals surface area contributed by atoms with Crippen LogP contribution in [0.15, 0.2) is 12.4 Å². The number of aryl methyl sites for hydroxylation is 1. The van der Waals surface area contributed by atoms with Gasteiger partial charge in [0, 0.05) is 24.8 Å². The van der Waals surface area contributed by atoms with E-state index in [1.165, 1.54) is 0 Å². The van der Waals surface area contributed by atoms with E-state index in [4.69, 9.17) is 5.11 Å². The number of carboxylic acid groups (broad SMARTS) is 1. The van der Waals surface area contributed by atoms with Gasteiger partial charge in [0.05, 0.1) is 12.7 Å². The van der Waals surface area contributed by atoms with Crippen molar-refractivity contribution in [3.8, 4) is 0 Å². The molecule has 0 aliphatic rings. The zero-order valence-electron chi connectivity index (χ0n) is 9.18. The first-order chi connectivity index (χ1) is 7.15. The van der Waals surface area contributed by atoms with Crippen LogP contribution in [0.2, 0.25) is 0 Å². The molecule has 84 valence electrons. The zero-order chi connectivity index (χ0) is 11.3. The van der Waals surface area contributed by atoms with E-state index in [1.807, 2.05) is 29.6 Å². The standard InChI is InChI=1S/C10H17N3O2/c1-3-12(8-10(14)15)6-9-5-11-13(4-2)7-9/h5,7H,3-4,6,8H2,1-2H3,(H,14,15). The van der Waals surface area contributed by atoms with Crippen molar-refractivity contribution in [2.45, 2.75) is 26.9 Å². The van der Waals surface area contributed by atoms with Crippen LogP contribution in [-0.2, 0) is 17.9 Å². The van der Waals surface area contributed by atoms with E-state index in [0.29, 0.717) is 6.54 Å². The molecule has 0 aliphatic carbocycles. The minimum Gasteiger partial charge on any atom is -0.480 e. The third kappa shape index (κ3) is 3.71. The lowest BCUT2D eigenvalue weighted by atomic mass is 10.3. The topological polar surface area (TPSA) is 58.4 Å². The fourth-order valence-corrected chi connectivity index (χ4v) is 1.39. The van der Waals surface area contributed by atoms with Crippen molar-refractivity contribution >= 4 is 5.97 Å². The summed E-state index contributed by atoms with van der Waals surface area (Å²) in [5.74, 6) is -0.792. The molecule has 5 nitrogen and oxygen atoms in total. The summed E-state index contributed by atoms with van der Waals surface area (Å²) >= 11 is 0. The number of hydrogen-bond donors (Lipinski definition) is 1. The molecule has 0 aliphatic heterocycles. The fourth-order valence-electron chi connectivity index (χ4n) is 1.39. The van der Waals surface area contributed by atoms with E-state index in [9.17, 15) is 4.79 Å². The Bertz CT molecular complexity index is 322. The number of likely N-dealkylation sites (N-methyl/N-ethyl adjacent to an activating group) is 1. The second-order valence-electron chi connectivity index (χ2n) is 3.40. The van der Waals surface area contributed by atoms with Crippen LogP contribution in [0.25, 0.3) is 0 Å². The smallest absolute Gasteiger partial charge is 0.317 e. The lowest BCUT2D eigenvalue weighted by Crippen LogP contribution is -2.28. The Morgan fingerprint density at radius 2 is 2.33 bits per heavy atom. The number of rotatable bonds is 6. The van der Waals surface area contributed by atoms with Crippen LogP contribution in [0, 0.1) is 0 Å². The van der Waals surface area contributed by atoms with Crippen LogP contribution < -0.4 is 0 Å². The summed E-state index contributed by atoms with van der Waals surface area (Å²) in [6.07, 6.45) is 3.73. The monoisotopic (exact) mass is 211 g/mol. The Morgan fingerprint density at radius 1 is 1.60 bits per heavy atom. The third-order valence-corrected chi connectivity index (χ3v) is 2.22. The second-order valence-corrected chi connectivity index (χ2v) is 3.40. The summed E-state index contributed by atoms with van der Waals surface area (Å²) in [6.45, 7) is 6.25. The van der Waals surface area contributed by atoms with Gasteiger partial charge >= 0.3 is 5.97 Å². The molecule has 1 aromatic heterocycles. The van der Waals surface area contributed by atoms with Gasteiger partial charge in [-0.15, -0.1) is 0 Å². The van der Waals surface area contributed by atoms with Gasteiger partial charge in [0.15, 0.2) is 0 Å². The van der Waals surface area contributed by atoms with Crippen LogP contribution in [0.3, 0.4) is 0 Å². The van der Waals surface area contributed by atoms with E-state index < -0.39 is 5.97 Å². The predicted molar refractivity (Wildman–Crippen MR) is 56.5 cm³/mol. The van der Waals surface area contributed by atoms with Gasteiger partial charge in [-0.3, -0.25) is 14.4 Å². The van der Waals surface area contributed by atoms with Crippen molar-refractivity contribution in [3.05, 3.63) is 18.0 Å². The average Bonchev–Trinajstić information content (AvgIpc) is 2.64. The minimum atomic E-state index is -0.792. The number of carbonyl (C=O) groups is 1. The van der Waals surface area contributed by atoms with E-state index in [2.05, 4.69) is 5.10 Å². The molecular formula is C10H17N3O2. The van der Waals surface area contributed by atoms with Gasteiger partial charge in [-0.1, -0.05) is 6.92 Å². The van der Waals surface area contributed by atoms with Crippen LogP contribution in [-0.4, -0.2) is 38.8 Å². The molecule has 15 heavy (non-hydrogen) atoms. The van der Waals surface area contributed by atoms with Crippen molar-refractivity contribution < 1.29 is 9.90 Å². The maximum Gasteiger partial charge on any atom is 0.317 e. The van der Waals surface area contributed by atoms with Crippen LogP contribution in [0.4, 0.5) is 0 Å². The van der Waals surface area contributed by atoms with Gasteiger partial charge in [0.1, 0.15) is 0 Å². The SMILES string of the molecule is CCN(CC(=O)O)Cc1cnn(CC)c1. The second kappa shape index (κ2) is 5.50. The Balaban J connectivity index is 2.54. The van der Waals surface area contributed by atoms with Crippen molar-refractivity contribution in [2.24, 2.45) is 0 Å². The Morgan fingerprint density at radius 3 is 2.80 bits per heavy atom. The highest BCUT2D eigenvalue weighted by Crippen LogP contribution is 2.03. The molecule has 0 fully saturated rings. The number of aromatic nitrogens is 2. The van der Waals surface area contributed by atoms with E-state index >= 15 is 0 Å². The van der Waals surface area contributed by atoms with Crippen molar-refractivity contribution in [3.63, 3.8) is 0 Å². The first-order valence-electron chi connectivity index (χ1n) is 5.11. The van der Waals surface area contributed by atoms with Gasteiger partial charge in [-0.2, -0.15) is 5.10 Å². The summed E-state index contributed by atoms with van der Waals surface area (Å²) < 4.78 is 1.84. The van der Waals surface area contributed by atoms with Crippen LogP contribution >= 0.6 is 0 Å². The highest BCUT2D eigenvalue weighted by molar-refractivity contribution is 5.69. The highest BCUT2D eigenvalue weighted by Gasteiger charge is 2.08. The number of aliphatic carboxylic acids is 1. The van der Waals surface area contributed by atoms with Gasteiger partial charge in [-0.25, -0.2) is 0 Å². The predicted octanol–water partition coefficient (Wildman–Crippen LogP) is 0.809. The molecule has 1 aromatic rings. The number of carboxylic acids is 1. The van der Waals surface area contributed by atoms with Crippen molar-refractivity contribution in [1.82, 2.24) is 14.7 Å². The number of hydrogen-bond acceptors (Lipinski definition) is 3. The number of nitrogens with zero attached hydrogens (tertiary/aromatic N) is 3. The van der Waals surface area contributed by atoms with Crippen molar-refractivity contribution in [1.29, 1.82) is 0 Å². The lowest BCUT2D eigenvalue weighted by molar-refractivity contribution is -0.138. The molecule has 1 heterocycles. The Labute approximate surface area is 89.3 Å². The zero-order valence-corrected chi connectivity index (χ0v) is 9.18. The van der Waals surface area contributed by atoms with E-state index in [0.717, 1.165) is 18.7 Å². The maximum atomic E-state index is 10.6. The Kier molecular flexibility index (Phi) is 4.30. The first-order valence-corrected chi connectivity index (χ1v) is 5.11. The molecule has 0 bridgehead atoms. The molecule has 5 heteroatoms. The summed E-state index contributed by atoms with van der Waals surface area (Å²) in [5, 5.41) is 12.8. The molecule has 0 amide bonds.